The van der Waals surface area contributed by atoms with Crippen LogP contribution in [0.25, 0.3) is 0 Å². The van der Waals surface area contributed by atoms with Gasteiger partial charge in [0.15, 0.2) is 4.34 Å². The Bertz CT molecular complexity index is 389. The van der Waals surface area contributed by atoms with Crippen LogP contribution in [0.15, 0.2) is 16.5 Å². The SMILES string of the molecule is C=C(C)CSc1nnc(NC(=O)N(C)C)s1. The molecule has 1 N–H and O–H groups in total. The Hall–Kier alpha value is -1.08. The van der Waals surface area contributed by atoms with Gasteiger partial charge in [-0.05, 0) is 6.92 Å². The van der Waals surface area contributed by atoms with Crippen molar-refractivity contribution < 1.29 is 4.79 Å². The van der Waals surface area contributed by atoms with Crippen LogP contribution in [-0.4, -0.2) is 41.0 Å². The van der Waals surface area contributed by atoms with Gasteiger partial charge in [-0.1, -0.05) is 35.3 Å². The number of anilines is 1. The molecule has 16 heavy (non-hydrogen) atoms. The number of amides is 2. The number of thioether (sulfide) groups is 1. The van der Waals surface area contributed by atoms with Crippen molar-refractivity contribution in [2.45, 2.75) is 11.3 Å². The van der Waals surface area contributed by atoms with E-state index < -0.39 is 0 Å². The molecule has 5 nitrogen and oxygen atoms in total. The summed E-state index contributed by atoms with van der Waals surface area (Å²) < 4.78 is 0.831. The summed E-state index contributed by atoms with van der Waals surface area (Å²) in [7, 11) is 3.35. The zero-order chi connectivity index (χ0) is 12.1. The predicted octanol–water partition coefficient (Wildman–Crippen LogP) is 2.30. The number of carbonyl (C=O) groups is 1. The molecule has 0 aromatic carbocycles. The molecule has 0 fully saturated rings. The first-order valence-electron chi connectivity index (χ1n) is 4.58. The third-order valence-corrected chi connectivity index (χ3v) is 3.67. The smallest absolute Gasteiger partial charge is 0.323 e. The van der Waals surface area contributed by atoms with Crippen LogP contribution in [0.4, 0.5) is 9.93 Å². The molecular formula is C9H14N4OS2. The van der Waals surface area contributed by atoms with Crippen LogP contribution >= 0.6 is 23.1 Å². The molecular weight excluding hydrogens is 244 g/mol. The van der Waals surface area contributed by atoms with Gasteiger partial charge in [-0.3, -0.25) is 5.32 Å². The number of rotatable bonds is 4. The molecule has 1 heterocycles. The lowest BCUT2D eigenvalue weighted by molar-refractivity contribution is 0.230. The lowest BCUT2D eigenvalue weighted by atomic mass is 10.4. The molecule has 0 unspecified atom stereocenters. The fourth-order valence-corrected chi connectivity index (χ4v) is 2.29. The van der Waals surface area contributed by atoms with Crippen molar-refractivity contribution in [1.29, 1.82) is 0 Å². The highest BCUT2D eigenvalue weighted by Crippen LogP contribution is 2.26. The topological polar surface area (TPSA) is 58.1 Å². The standard InChI is InChI=1S/C9H14N4OS2/c1-6(2)5-15-9-12-11-7(16-9)10-8(14)13(3)4/h1,5H2,2-4H3,(H,10,11,14). The maximum Gasteiger partial charge on any atom is 0.323 e. The Kier molecular flexibility index (Phi) is 4.75. The fourth-order valence-electron chi connectivity index (χ4n) is 0.707. The Morgan fingerprint density at radius 1 is 1.56 bits per heavy atom. The minimum Gasteiger partial charge on any atom is -0.331 e. The van der Waals surface area contributed by atoms with E-state index in [1.54, 1.807) is 25.9 Å². The monoisotopic (exact) mass is 258 g/mol. The molecule has 0 spiro atoms. The lowest BCUT2D eigenvalue weighted by Gasteiger charge is -2.08. The number of aromatic nitrogens is 2. The third kappa shape index (κ3) is 4.19. The second kappa shape index (κ2) is 5.86. The zero-order valence-corrected chi connectivity index (χ0v) is 11.1. The lowest BCUT2D eigenvalue weighted by Crippen LogP contribution is -2.27. The van der Waals surface area contributed by atoms with Crippen molar-refractivity contribution in [3.05, 3.63) is 12.2 Å². The van der Waals surface area contributed by atoms with Gasteiger partial charge in [-0.25, -0.2) is 4.79 Å². The van der Waals surface area contributed by atoms with Gasteiger partial charge in [-0.15, -0.1) is 10.2 Å². The molecule has 1 rings (SSSR count). The van der Waals surface area contributed by atoms with Crippen LogP contribution in [0.1, 0.15) is 6.92 Å². The van der Waals surface area contributed by atoms with E-state index in [9.17, 15) is 4.79 Å². The molecule has 0 bridgehead atoms. The predicted molar refractivity (Wildman–Crippen MR) is 68.2 cm³/mol. The summed E-state index contributed by atoms with van der Waals surface area (Å²) in [6, 6.07) is -0.201. The molecule has 0 aliphatic heterocycles. The molecule has 0 saturated carbocycles. The summed E-state index contributed by atoms with van der Waals surface area (Å²) in [5.41, 5.74) is 1.08. The first kappa shape index (κ1) is 13.0. The van der Waals surface area contributed by atoms with Gasteiger partial charge in [0.2, 0.25) is 5.13 Å². The van der Waals surface area contributed by atoms with Gasteiger partial charge in [0.05, 0.1) is 0 Å². The Balaban J connectivity index is 2.51. The summed E-state index contributed by atoms with van der Waals surface area (Å²) in [5.74, 6) is 0.816. The van der Waals surface area contributed by atoms with E-state index in [-0.39, 0.29) is 6.03 Å². The molecule has 7 heteroatoms. The first-order valence-corrected chi connectivity index (χ1v) is 6.38. The summed E-state index contributed by atoms with van der Waals surface area (Å²) in [6.45, 7) is 5.77. The van der Waals surface area contributed by atoms with E-state index in [0.29, 0.717) is 5.13 Å². The second-order valence-corrected chi connectivity index (χ2v) is 5.64. The quantitative estimate of drug-likeness (QED) is 0.511. The second-order valence-electron chi connectivity index (χ2n) is 3.44. The van der Waals surface area contributed by atoms with Crippen LogP contribution in [0.3, 0.4) is 0 Å². The van der Waals surface area contributed by atoms with Gasteiger partial charge in [0, 0.05) is 19.8 Å². The molecule has 0 aliphatic carbocycles. The van der Waals surface area contributed by atoms with Crippen molar-refractivity contribution in [1.82, 2.24) is 15.1 Å². The summed E-state index contributed by atoms with van der Waals surface area (Å²) in [5, 5.41) is 11.0. The maximum absolute atomic E-state index is 11.3. The zero-order valence-electron chi connectivity index (χ0n) is 9.48. The summed E-state index contributed by atoms with van der Waals surface area (Å²) in [6.07, 6.45) is 0. The minimum atomic E-state index is -0.201. The normalized spacial score (nSPS) is 9.94. The number of nitrogens with zero attached hydrogens (tertiary/aromatic N) is 3. The molecule has 1 aromatic rings. The number of hydrogen-bond donors (Lipinski definition) is 1. The van der Waals surface area contributed by atoms with E-state index in [0.717, 1.165) is 15.7 Å². The first-order chi connectivity index (χ1) is 7.49. The van der Waals surface area contributed by atoms with Crippen molar-refractivity contribution in [2.24, 2.45) is 0 Å². The number of hydrogen-bond acceptors (Lipinski definition) is 5. The summed E-state index contributed by atoms with van der Waals surface area (Å²) in [4.78, 5) is 12.8. The highest BCUT2D eigenvalue weighted by atomic mass is 32.2. The molecule has 0 radical (unpaired) electrons. The minimum absolute atomic E-state index is 0.201. The van der Waals surface area contributed by atoms with Gasteiger partial charge < -0.3 is 4.90 Å². The number of urea groups is 1. The van der Waals surface area contributed by atoms with E-state index in [4.69, 9.17) is 0 Å². The largest absolute Gasteiger partial charge is 0.331 e. The van der Waals surface area contributed by atoms with Crippen molar-refractivity contribution in [2.75, 3.05) is 25.2 Å². The molecule has 88 valence electrons. The molecule has 1 aromatic heterocycles. The highest BCUT2D eigenvalue weighted by Gasteiger charge is 2.09. The van der Waals surface area contributed by atoms with E-state index in [1.165, 1.54) is 16.2 Å². The van der Waals surface area contributed by atoms with Gasteiger partial charge in [-0.2, -0.15) is 0 Å². The van der Waals surface area contributed by atoms with Crippen LogP contribution in [0.2, 0.25) is 0 Å². The van der Waals surface area contributed by atoms with Crippen LogP contribution in [0, 0.1) is 0 Å². The Morgan fingerprint density at radius 3 is 2.81 bits per heavy atom. The maximum atomic E-state index is 11.3. The van der Waals surface area contributed by atoms with Gasteiger partial charge >= 0.3 is 6.03 Å². The van der Waals surface area contributed by atoms with Crippen LogP contribution in [0.5, 0.6) is 0 Å². The van der Waals surface area contributed by atoms with E-state index in [2.05, 4.69) is 22.1 Å². The molecule has 0 saturated heterocycles. The average Bonchev–Trinajstić information content (AvgIpc) is 2.62. The third-order valence-electron chi connectivity index (χ3n) is 1.47. The number of nitrogens with one attached hydrogen (secondary N) is 1. The van der Waals surface area contributed by atoms with Crippen LogP contribution in [-0.2, 0) is 0 Å². The van der Waals surface area contributed by atoms with E-state index in [1.807, 2.05) is 6.92 Å². The Labute approximate surface area is 103 Å². The van der Waals surface area contributed by atoms with Gasteiger partial charge in [0.25, 0.3) is 0 Å². The Morgan fingerprint density at radius 2 is 2.25 bits per heavy atom. The summed E-state index contributed by atoms with van der Waals surface area (Å²) >= 11 is 2.93. The van der Waals surface area contributed by atoms with Gasteiger partial charge in [0.1, 0.15) is 0 Å². The fraction of sp³-hybridized carbons (Fsp3) is 0.444. The highest BCUT2D eigenvalue weighted by molar-refractivity contribution is 8.01. The van der Waals surface area contributed by atoms with Crippen molar-refractivity contribution >= 4 is 34.3 Å². The number of carbonyl (C=O) groups excluding carboxylic acids is 1. The van der Waals surface area contributed by atoms with Crippen LogP contribution < -0.4 is 5.32 Å². The van der Waals surface area contributed by atoms with E-state index >= 15 is 0 Å². The molecule has 2 amide bonds. The average molecular weight is 258 g/mol. The van der Waals surface area contributed by atoms with Crippen molar-refractivity contribution in [3.8, 4) is 0 Å². The van der Waals surface area contributed by atoms with Crippen molar-refractivity contribution in [3.63, 3.8) is 0 Å². The molecule has 0 atom stereocenters. The molecule has 0 aliphatic rings.